The number of nitrogens with one attached hydrogen (secondary N) is 1. The lowest BCUT2D eigenvalue weighted by Crippen LogP contribution is -2.51. The number of anilines is 1. The third kappa shape index (κ3) is 7.53. The molecule has 0 aliphatic carbocycles. The van der Waals surface area contributed by atoms with Gasteiger partial charge in [0.05, 0.1) is 11.7 Å². The van der Waals surface area contributed by atoms with Gasteiger partial charge in [-0.3, -0.25) is 24.1 Å². The first-order chi connectivity index (χ1) is 19.2. The van der Waals surface area contributed by atoms with Crippen molar-refractivity contribution in [2.75, 3.05) is 11.5 Å². The number of primary amides is 2. The van der Waals surface area contributed by atoms with E-state index in [4.69, 9.17) is 27.8 Å². The van der Waals surface area contributed by atoms with Crippen LogP contribution in [0.15, 0.2) is 36.4 Å². The molecule has 0 aromatic heterocycles. The summed E-state index contributed by atoms with van der Waals surface area (Å²) in [6, 6.07) is 10.2. The second-order valence-corrected chi connectivity index (χ2v) is 11.0. The Morgan fingerprint density at radius 3 is 2.58 bits per heavy atom. The zero-order valence-electron chi connectivity index (χ0n) is 22.6. The van der Waals surface area contributed by atoms with E-state index < -0.39 is 18.0 Å². The Labute approximate surface area is 239 Å². The average Bonchev–Trinajstić information content (AvgIpc) is 3.23. The molecule has 0 unspecified atom stereocenters. The first-order valence-electron chi connectivity index (χ1n) is 13.9. The Bertz CT molecular complexity index is 1270. The zero-order valence-corrected chi connectivity index (χ0v) is 23.4. The van der Waals surface area contributed by atoms with Crippen LogP contribution < -0.4 is 26.4 Å². The maximum Gasteiger partial charge on any atom is 0.243 e. The lowest BCUT2D eigenvalue weighted by atomic mass is 10.0. The highest BCUT2D eigenvalue weighted by molar-refractivity contribution is 6.31. The first kappa shape index (κ1) is 29.4. The van der Waals surface area contributed by atoms with Crippen LogP contribution >= 0.6 is 11.6 Å². The third-order valence-electron chi connectivity index (χ3n) is 7.50. The molecular weight excluding hydrogens is 532 g/mol. The van der Waals surface area contributed by atoms with Gasteiger partial charge in [-0.2, -0.15) is 0 Å². The molecule has 0 fully saturated rings. The third-order valence-corrected chi connectivity index (χ3v) is 7.87. The Balaban J connectivity index is 1.40. The van der Waals surface area contributed by atoms with Crippen molar-refractivity contribution in [3.05, 3.63) is 58.1 Å². The van der Waals surface area contributed by atoms with Crippen LogP contribution in [-0.4, -0.2) is 42.3 Å². The van der Waals surface area contributed by atoms with Gasteiger partial charge in [0.2, 0.25) is 23.6 Å². The van der Waals surface area contributed by atoms with Gasteiger partial charge >= 0.3 is 0 Å². The number of benzene rings is 2. The van der Waals surface area contributed by atoms with Crippen LogP contribution in [0.4, 0.5) is 5.69 Å². The molecule has 214 valence electrons. The fourth-order valence-corrected chi connectivity index (χ4v) is 5.68. The summed E-state index contributed by atoms with van der Waals surface area (Å²) in [5.74, 6) is -0.493. The number of unbranched alkanes of at least 4 members (excludes halogenated alkanes) is 2. The van der Waals surface area contributed by atoms with E-state index in [2.05, 4.69) is 5.32 Å². The van der Waals surface area contributed by atoms with Crippen LogP contribution in [0.3, 0.4) is 0 Å². The van der Waals surface area contributed by atoms with E-state index in [0.29, 0.717) is 36.5 Å². The minimum atomic E-state index is -0.644. The van der Waals surface area contributed by atoms with Gasteiger partial charge in [0.1, 0.15) is 18.4 Å². The van der Waals surface area contributed by atoms with E-state index in [-0.39, 0.29) is 30.7 Å². The maximum absolute atomic E-state index is 13.5. The highest BCUT2D eigenvalue weighted by Crippen LogP contribution is 2.39. The fourth-order valence-electron chi connectivity index (χ4n) is 5.47. The van der Waals surface area contributed by atoms with Crippen LogP contribution in [-0.2, 0) is 38.4 Å². The molecule has 2 aliphatic rings. The monoisotopic (exact) mass is 568 g/mol. The summed E-state index contributed by atoms with van der Waals surface area (Å²) < 4.78 is 6.04. The standard InChI is InChI=1S/C30H37ClN4O5/c31-24-14-13-23(16-20(24)6-2-1-3-10-26(32)36)40-18-22(12-15-27(33)37)34-30(39)25-17-21-9-4-7-19-8-5-11-28(38)35(25)29(19)21/h4,7,9,13-14,16,22,25H,1-3,5-6,8,10-12,15,17-18H2,(H2,32,36)(H2,33,37)(H,34,39)/t22-,25-/m0/s1. The van der Waals surface area contributed by atoms with E-state index in [9.17, 15) is 19.2 Å². The number of carbonyl (C=O) groups excluding carboxylic acids is 4. The molecule has 0 radical (unpaired) electrons. The molecule has 2 aromatic carbocycles. The zero-order chi connectivity index (χ0) is 28.6. The second kappa shape index (κ2) is 13.7. The van der Waals surface area contributed by atoms with E-state index in [1.165, 1.54) is 0 Å². The second-order valence-electron chi connectivity index (χ2n) is 10.6. The molecule has 2 atom stereocenters. The van der Waals surface area contributed by atoms with Crippen LogP contribution in [0.1, 0.15) is 68.1 Å². The molecule has 2 heterocycles. The van der Waals surface area contributed by atoms with E-state index >= 15 is 0 Å². The van der Waals surface area contributed by atoms with Gasteiger partial charge in [-0.15, -0.1) is 0 Å². The summed E-state index contributed by atoms with van der Waals surface area (Å²) in [5, 5.41) is 3.65. The van der Waals surface area contributed by atoms with E-state index in [0.717, 1.165) is 60.9 Å². The molecule has 2 aromatic rings. The summed E-state index contributed by atoms with van der Waals surface area (Å²) in [6.45, 7) is 0.123. The van der Waals surface area contributed by atoms with E-state index in [1.807, 2.05) is 24.3 Å². The molecule has 0 saturated carbocycles. The molecule has 2 aliphatic heterocycles. The summed E-state index contributed by atoms with van der Waals surface area (Å²) in [5.41, 5.74) is 14.5. The summed E-state index contributed by atoms with van der Waals surface area (Å²) >= 11 is 6.38. The Morgan fingerprint density at radius 1 is 1.02 bits per heavy atom. The number of nitrogens with zero attached hydrogens (tertiary/aromatic N) is 1. The first-order valence-corrected chi connectivity index (χ1v) is 14.3. The van der Waals surface area contributed by atoms with Crippen molar-refractivity contribution in [1.29, 1.82) is 0 Å². The summed E-state index contributed by atoms with van der Waals surface area (Å²) in [7, 11) is 0. The van der Waals surface area contributed by atoms with Crippen molar-refractivity contribution in [3.8, 4) is 5.75 Å². The number of amides is 4. The summed E-state index contributed by atoms with van der Waals surface area (Å²) in [4.78, 5) is 50.7. The smallest absolute Gasteiger partial charge is 0.243 e. The quantitative estimate of drug-likeness (QED) is 0.299. The SMILES string of the molecule is NC(=O)CCCCCc1cc(OC[C@H](CCC(N)=O)NC(=O)[C@@H]2Cc3cccc4c3N2C(=O)CCC4)ccc1Cl. The predicted octanol–water partition coefficient (Wildman–Crippen LogP) is 3.35. The number of halogens is 1. The molecule has 0 saturated heterocycles. The molecule has 9 nitrogen and oxygen atoms in total. The van der Waals surface area contributed by atoms with Crippen molar-refractivity contribution in [2.24, 2.45) is 11.5 Å². The molecule has 0 bridgehead atoms. The van der Waals surface area contributed by atoms with Gasteiger partial charge in [-0.05, 0) is 73.4 Å². The van der Waals surface area contributed by atoms with Crippen molar-refractivity contribution in [1.82, 2.24) is 5.32 Å². The number of carbonyl (C=O) groups is 4. The minimum Gasteiger partial charge on any atom is -0.491 e. The van der Waals surface area contributed by atoms with Crippen LogP contribution in [0.25, 0.3) is 0 Å². The number of hydrogen-bond donors (Lipinski definition) is 3. The summed E-state index contributed by atoms with van der Waals surface area (Å²) in [6.07, 6.45) is 6.35. The largest absolute Gasteiger partial charge is 0.491 e. The Hall–Kier alpha value is -3.59. The van der Waals surface area contributed by atoms with Crippen LogP contribution in [0.5, 0.6) is 5.75 Å². The number of aryl methyl sites for hydroxylation is 2. The van der Waals surface area contributed by atoms with Crippen LogP contribution in [0, 0.1) is 0 Å². The van der Waals surface area contributed by atoms with Crippen molar-refractivity contribution in [2.45, 2.75) is 82.7 Å². The molecule has 4 rings (SSSR count). The number of nitrogens with two attached hydrogens (primary N) is 2. The van der Waals surface area contributed by atoms with Gasteiger partial charge in [-0.25, -0.2) is 0 Å². The number of rotatable bonds is 14. The molecule has 40 heavy (non-hydrogen) atoms. The van der Waals surface area contributed by atoms with Gasteiger partial charge in [0.25, 0.3) is 0 Å². The lowest BCUT2D eigenvalue weighted by Gasteiger charge is -2.27. The predicted molar refractivity (Wildman–Crippen MR) is 153 cm³/mol. The highest BCUT2D eigenvalue weighted by Gasteiger charge is 2.41. The number of para-hydroxylation sites is 1. The maximum atomic E-state index is 13.5. The van der Waals surface area contributed by atoms with Crippen LogP contribution in [0.2, 0.25) is 5.02 Å². The fraction of sp³-hybridized carbons (Fsp3) is 0.467. The molecule has 5 N–H and O–H groups in total. The van der Waals surface area contributed by atoms with E-state index in [1.54, 1.807) is 17.0 Å². The van der Waals surface area contributed by atoms with Gasteiger partial charge < -0.3 is 21.5 Å². The Morgan fingerprint density at radius 2 is 1.80 bits per heavy atom. The van der Waals surface area contributed by atoms with Crippen molar-refractivity contribution < 1.29 is 23.9 Å². The van der Waals surface area contributed by atoms with Gasteiger partial charge in [0, 0.05) is 30.7 Å². The molecule has 4 amide bonds. The van der Waals surface area contributed by atoms with Gasteiger partial charge in [0.15, 0.2) is 0 Å². The minimum absolute atomic E-state index is 0.0443. The number of ether oxygens (including phenoxy) is 1. The average molecular weight is 569 g/mol. The van der Waals surface area contributed by atoms with Crippen molar-refractivity contribution >= 4 is 40.9 Å². The molecular formula is C30H37ClN4O5. The van der Waals surface area contributed by atoms with Gasteiger partial charge in [-0.1, -0.05) is 36.2 Å². The number of hydrogen-bond acceptors (Lipinski definition) is 5. The highest BCUT2D eigenvalue weighted by atomic mass is 35.5. The topological polar surface area (TPSA) is 145 Å². The lowest BCUT2D eigenvalue weighted by molar-refractivity contribution is -0.127. The normalized spacial score (nSPS) is 16.7. The van der Waals surface area contributed by atoms with Crippen molar-refractivity contribution in [3.63, 3.8) is 0 Å². The molecule has 0 spiro atoms. The molecule has 10 heteroatoms. The Kier molecular flexibility index (Phi) is 10.0.